The van der Waals surface area contributed by atoms with Crippen LogP contribution in [0.2, 0.25) is 0 Å². The van der Waals surface area contributed by atoms with Crippen molar-refractivity contribution in [1.82, 2.24) is 0 Å². The summed E-state index contributed by atoms with van der Waals surface area (Å²) in [6.07, 6.45) is 12.3. The Kier molecular flexibility index (Phi) is 6.30. The predicted octanol–water partition coefficient (Wildman–Crippen LogP) is 6.16. The fourth-order valence-electron chi connectivity index (χ4n) is 3.13. The van der Waals surface area contributed by atoms with Crippen molar-refractivity contribution < 1.29 is 4.74 Å². The minimum absolute atomic E-state index is 0.0524. The minimum atomic E-state index is -0.242. The lowest BCUT2D eigenvalue weighted by molar-refractivity contribution is 0.243. The molecule has 3 aromatic rings. The summed E-state index contributed by atoms with van der Waals surface area (Å²) in [6.45, 7) is 2.21. The Morgan fingerprint density at radius 3 is 2.62 bits per heavy atom. The van der Waals surface area contributed by atoms with Gasteiger partial charge in [0.15, 0.2) is 11.5 Å². The summed E-state index contributed by atoms with van der Waals surface area (Å²) in [7, 11) is 0. The molecule has 2 nitrogen and oxygen atoms in total. The predicted molar refractivity (Wildman–Crippen MR) is 112 cm³/mol. The van der Waals surface area contributed by atoms with Crippen molar-refractivity contribution in [3.8, 4) is 18.1 Å². The van der Waals surface area contributed by atoms with Gasteiger partial charge >= 0.3 is 0 Å². The molecular weight excluding hydrogens is 340 g/mol. The number of benzene rings is 2. The van der Waals surface area contributed by atoms with Crippen molar-refractivity contribution in [1.29, 1.82) is 0 Å². The van der Waals surface area contributed by atoms with Gasteiger partial charge in [-0.15, -0.1) is 17.8 Å². The molecule has 0 spiro atoms. The lowest BCUT2D eigenvalue weighted by atomic mass is 10.1. The second-order valence-electron chi connectivity index (χ2n) is 6.56. The average Bonchev–Trinajstić information content (AvgIpc) is 2.67. The topological polar surface area (TPSA) is 26.3 Å². The molecule has 3 heteroatoms. The van der Waals surface area contributed by atoms with Crippen molar-refractivity contribution in [3.63, 3.8) is 0 Å². The minimum Gasteiger partial charge on any atom is -0.478 e. The van der Waals surface area contributed by atoms with Crippen molar-refractivity contribution >= 4 is 31.5 Å². The Morgan fingerprint density at radius 2 is 1.81 bits per heavy atom. The van der Waals surface area contributed by atoms with E-state index in [1.54, 1.807) is 11.3 Å². The third-order valence-electron chi connectivity index (χ3n) is 4.58. The van der Waals surface area contributed by atoms with E-state index in [1.165, 1.54) is 25.7 Å². The molecule has 1 atom stereocenters. The molecule has 0 fully saturated rings. The number of terminal acetylenes is 1. The zero-order chi connectivity index (χ0) is 18.4. The van der Waals surface area contributed by atoms with E-state index < -0.39 is 0 Å². The molecule has 0 saturated carbocycles. The normalized spacial score (nSPS) is 12.2. The third kappa shape index (κ3) is 4.26. The van der Waals surface area contributed by atoms with Crippen molar-refractivity contribution in [2.45, 2.75) is 51.6 Å². The largest absolute Gasteiger partial charge is 0.478 e. The molecule has 0 N–H and O–H groups in total. The zero-order valence-corrected chi connectivity index (χ0v) is 16.0. The van der Waals surface area contributed by atoms with E-state index in [9.17, 15) is 4.79 Å². The maximum absolute atomic E-state index is 12.8. The van der Waals surface area contributed by atoms with Crippen LogP contribution in [0.25, 0.3) is 20.2 Å². The summed E-state index contributed by atoms with van der Waals surface area (Å²) in [5, 5.41) is 1.46. The van der Waals surface area contributed by atoms with E-state index in [2.05, 4.69) is 12.8 Å². The molecule has 0 radical (unpaired) electrons. The third-order valence-corrected chi connectivity index (χ3v) is 5.73. The van der Waals surface area contributed by atoms with Crippen LogP contribution in [0.3, 0.4) is 0 Å². The molecule has 0 bridgehead atoms. The number of hydrogen-bond acceptors (Lipinski definition) is 3. The quantitative estimate of drug-likeness (QED) is 0.272. The first-order valence-electron chi connectivity index (χ1n) is 9.31. The Hall–Kier alpha value is -2.31. The summed E-state index contributed by atoms with van der Waals surface area (Å²) in [5.41, 5.74) is 0.0524. The second-order valence-corrected chi connectivity index (χ2v) is 7.65. The highest BCUT2D eigenvalue weighted by Crippen LogP contribution is 2.28. The number of fused-ring (bicyclic) bond motifs is 2. The highest BCUT2D eigenvalue weighted by molar-refractivity contribution is 7.24. The fourth-order valence-corrected chi connectivity index (χ4v) is 4.18. The SMILES string of the molecule is C#CC(CCCCCCC)Oc1ccc2sc3ccccc3c(=O)c2c1. The molecule has 2 aromatic carbocycles. The number of rotatable bonds is 8. The van der Waals surface area contributed by atoms with Gasteiger partial charge in [-0.3, -0.25) is 4.79 Å². The van der Waals surface area contributed by atoms with E-state index in [-0.39, 0.29) is 11.5 Å². The van der Waals surface area contributed by atoms with Crippen LogP contribution < -0.4 is 10.2 Å². The number of hydrogen-bond donors (Lipinski definition) is 0. The number of ether oxygens (including phenoxy) is 1. The lowest BCUT2D eigenvalue weighted by Gasteiger charge is -2.14. The van der Waals surface area contributed by atoms with Gasteiger partial charge in [-0.25, -0.2) is 0 Å². The van der Waals surface area contributed by atoms with Gasteiger partial charge in [0.2, 0.25) is 0 Å². The number of unbranched alkanes of at least 4 members (excludes halogenated alkanes) is 4. The van der Waals surface area contributed by atoms with Crippen LogP contribution in [-0.2, 0) is 0 Å². The molecule has 0 saturated heterocycles. The van der Waals surface area contributed by atoms with Gasteiger partial charge in [0.25, 0.3) is 0 Å². The van der Waals surface area contributed by atoms with Crippen molar-refractivity contribution in [2.24, 2.45) is 0 Å². The molecule has 1 unspecified atom stereocenters. The fraction of sp³-hybridized carbons (Fsp3) is 0.348. The van der Waals surface area contributed by atoms with Gasteiger partial charge in [-0.2, -0.15) is 0 Å². The smallest absolute Gasteiger partial charge is 0.196 e. The molecule has 1 aromatic heterocycles. The van der Waals surface area contributed by atoms with Gasteiger partial charge in [0.1, 0.15) is 5.75 Å². The molecular formula is C23H24O2S. The molecule has 0 amide bonds. The maximum atomic E-state index is 12.8. The highest BCUT2D eigenvalue weighted by Gasteiger charge is 2.10. The van der Waals surface area contributed by atoms with Gasteiger partial charge in [-0.1, -0.05) is 50.7 Å². The molecule has 0 aliphatic heterocycles. The van der Waals surface area contributed by atoms with Crippen LogP contribution in [0.1, 0.15) is 45.4 Å². The van der Waals surface area contributed by atoms with Crippen LogP contribution in [0.4, 0.5) is 0 Å². The van der Waals surface area contributed by atoms with Gasteiger partial charge in [-0.05, 0) is 43.2 Å². The summed E-state index contributed by atoms with van der Waals surface area (Å²) in [5.74, 6) is 3.41. The molecule has 134 valence electrons. The van der Waals surface area contributed by atoms with Crippen LogP contribution in [0, 0.1) is 12.3 Å². The standard InChI is InChI=1S/C23H24O2S/c1-3-5-6-7-8-11-17(4-2)25-18-14-15-22-20(16-18)23(24)19-12-9-10-13-21(19)26-22/h2,9-10,12-17H,3,5-8,11H2,1H3. The molecule has 1 heterocycles. The Balaban J connectivity index is 1.78. The summed E-state index contributed by atoms with van der Waals surface area (Å²) in [6, 6.07) is 13.4. The molecule has 3 rings (SSSR count). The monoisotopic (exact) mass is 364 g/mol. The Labute approximate surface area is 158 Å². The van der Waals surface area contributed by atoms with E-state index in [1.807, 2.05) is 42.5 Å². The summed E-state index contributed by atoms with van der Waals surface area (Å²) < 4.78 is 7.95. The maximum Gasteiger partial charge on any atom is 0.196 e. The zero-order valence-electron chi connectivity index (χ0n) is 15.2. The van der Waals surface area contributed by atoms with Crippen molar-refractivity contribution in [3.05, 3.63) is 52.7 Å². The molecule has 0 aliphatic carbocycles. The van der Waals surface area contributed by atoms with E-state index >= 15 is 0 Å². The summed E-state index contributed by atoms with van der Waals surface area (Å²) >= 11 is 1.62. The first-order valence-corrected chi connectivity index (χ1v) is 10.1. The van der Waals surface area contributed by atoms with Gasteiger partial charge in [0, 0.05) is 20.2 Å². The molecule has 0 aliphatic rings. The molecule has 26 heavy (non-hydrogen) atoms. The van der Waals surface area contributed by atoms with E-state index in [0.717, 1.165) is 27.6 Å². The van der Waals surface area contributed by atoms with Crippen LogP contribution in [-0.4, -0.2) is 6.10 Å². The van der Waals surface area contributed by atoms with E-state index in [4.69, 9.17) is 11.2 Å². The van der Waals surface area contributed by atoms with Crippen LogP contribution in [0.5, 0.6) is 5.75 Å². The van der Waals surface area contributed by atoms with Crippen molar-refractivity contribution in [2.75, 3.05) is 0 Å². The first-order chi connectivity index (χ1) is 12.7. The summed E-state index contributed by atoms with van der Waals surface area (Å²) in [4.78, 5) is 12.8. The highest BCUT2D eigenvalue weighted by atomic mass is 32.1. The Morgan fingerprint density at radius 1 is 1.04 bits per heavy atom. The lowest BCUT2D eigenvalue weighted by Crippen LogP contribution is -2.14. The van der Waals surface area contributed by atoms with Gasteiger partial charge in [0.05, 0.1) is 0 Å². The first kappa shape index (κ1) is 18.5. The second kappa shape index (κ2) is 8.87. The van der Waals surface area contributed by atoms with Crippen LogP contribution >= 0.6 is 11.3 Å². The van der Waals surface area contributed by atoms with Crippen LogP contribution in [0.15, 0.2) is 47.3 Å². The van der Waals surface area contributed by atoms with Gasteiger partial charge < -0.3 is 4.74 Å². The van der Waals surface area contributed by atoms with E-state index in [0.29, 0.717) is 11.1 Å². The Bertz CT molecular complexity index is 981. The average molecular weight is 365 g/mol.